The van der Waals surface area contributed by atoms with E-state index in [9.17, 15) is 9.59 Å². The van der Waals surface area contributed by atoms with E-state index in [1.165, 1.54) is 12.0 Å². The second-order valence-corrected chi connectivity index (χ2v) is 4.50. The van der Waals surface area contributed by atoms with Gasteiger partial charge in [-0.05, 0) is 6.07 Å². The Kier molecular flexibility index (Phi) is 6.52. The van der Waals surface area contributed by atoms with Crippen LogP contribution in [0.5, 0.6) is 11.5 Å². The number of hydrogen-bond donors (Lipinski definition) is 0. The van der Waals surface area contributed by atoms with Crippen LogP contribution in [0.3, 0.4) is 0 Å². The van der Waals surface area contributed by atoms with Crippen LogP contribution in [0.25, 0.3) is 0 Å². The Labute approximate surface area is 124 Å². The van der Waals surface area contributed by atoms with Crippen molar-refractivity contribution in [2.75, 3.05) is 34.9 Å². The van der Waals surface area contributed by atoms with Gasteiger partial charge in [-0.25, -0.2) is 0 Å². The molecule has 6 heteroatoms. The number of likely N-dealkylation sites (N-methyl/N-ethyl adjacent to an activating group) is 1. The lowest BCUT2D eigenvalue weighted by atomic mass is 10.1. The van der Waals surface area contributed by atoms with Crippen molar-refractivity contribution in [2.24, 2.45) is 0 Å². The highest BCUT2D eigenvalue weighted by Crippen LogP contribution is 2.25. The van der Waals surface area contributed by atoms with Gasteiger partial charge >= 0.3 is 5.97 Å². The molecule has 0 radical (unpaired) electrons. The molecule has 116 valence electrons. The van der Waals surface area contributed by atoms with Crippen molar-refractivity contribution in [3.05, 3.63) is 23.8 Å². The smallest absolute Gasteiger partial charge is 0.307 e. The van der Waals surface area contributed by atoms with Crippen molar-refractivity contribution in [1.82, 2.24) is 4.90 Å². The molecule has 0 unspecified atom stereocenters. The van der Waals surface area contributed by atoms with Crippen LogP contribution in [0.4, 0.5) is 0 Å². The fourth-order valence-electron chi connectivity index (χ4n) is 1.78. The number of methoxy groups -OCH3 is 3. The monoisotopic (exact) mass is 295 g/mol. The second-order valence-electron chi connectivity index (χ2n) is 4.50. The lowest BCUT2D eigenvalue weighted by molar-refractivity contribution is -0.141. The molecule has 0 aromatic heterocycles. The van der Waals surface area contributed by atoms with E-state index in [2.05, 4.69) is 4.74 Å². The summed E-state index contributed by atoms with van der Waals surface area (Å²) in [5.74, 6) is 0.838. The molecule has 0 fully saturated rings. The molecule has 0 aliphatic carbocycles. The third kappa shape index (κ3) is 4.98. The third-order valence-corrected chi connectivity index (χ3v) is 3.14. The Morgan fingerprint density at radius 3 is 2.43 bits per heavy atom. The summed E-state index contributed by atoms with van der Waals surface area (Å²) in [6, 6.07) is 5.31. The molecule has 0 aliphatic rings. The zero-order chi connectivity index (χ0) is 15.8. The summed E-state index contributed by atoms with van der Waals surface area (Å²) in [6.07, 6.45) is 0.378. The van der Waals surface area contributed by atoms with Gasteiger partial charge in [0, 0.05) is 25.2 Å². The number of amides is 1. The summed E-state index contributed by atoms with van der Waals surface area (Å²) >= 11 is 0. The Morgan fingerprint density at radius 2 is 1.86 bits per heavy atom. The van der Waals surface area contributed by atoms with E-state index in [4.69, 9.17) is 9.47 Å². The minimum atomic E-state index is -0.336. The van der Waals surface area contributed by atoms with Gasteiger partial charge in [0.25, 0.3) is 0 Å². The van der Waals surface area contributed by atoms with Gasteiger partial charge in [-0.2, -0.15) is 0 Å². The van der Waals surface area contributed by atoms with Crippen molar-refractivity contribution in [3.8, 4) is 11.5 Å². The summed E-state index contributed by atoms with van der Waals surface area (Å²) in [4.78, 5) is 24.7. The molecule has 0 saturated carbocycles. The molecule has 1 aromatic carbocycles. The third-order valence-electron chi connectivity index (χ3n) is 3.14. The lowest BCUT2D eigenvalue weighted by Crippen LogP contribution is -2.30. The fourth-order valence-corrected chi connectivity index (χ4v) is 1.78. The van der Waals surface area contributed by atoms with Gasteiger partial charge in [0.2, 0.25) is 5.91 Å². The number of carbonyl (C=O) groups is 2. The van der Waals surface area contributed by atoms with Crippen molar-refractivity contribution in [3.63, 3.8) is 0 Å². The Balaban J connectivity index is 2.67. The summed E-state index contributed by atoms with van der Waals surface area (Å²) in [7, 11) is 6.09. The molecule has 0 spiro atoms. The predicted molar refractivity (Wildman–Crippen MR) is 77.5 cm³/mol. The van der Waals surface area contributed by atoms with E-state index in [-0.39, 0.29) is 24.7 Å². The summed E-state index contributed by atoms with van der Waals surface area (Å²) in [5.41, 5.74) is 0.771. The molecule has 0 N–H and O–H groups in total. The van der Waals surface area contributed by atoms with Crippen LogP contribution in [0.2, 0.25) is 0 Å². The molecule has 0 aliphatic heterocycles. The number of nitrogens with zero attached hydrogens (tertiary/aromatic N) is 1. The zero-order valence-corrected chi connectivity index (χ0v) is 12.8. The van der Waals surface area contributed by atoms with Crippen LogP contribution in [-0.2, 0) is 20.7 Å². The van der Waals surface area contributed by atoms with Crippen molar-refractivity contribution in [1.29, 1.82) is 0 Å². The highest BCUT2D eigenvalue weighted by atomic mass is 16.5. The van der Waals surface area contributed by atoms with E-state index in [0.29, 0.717) is 18.0 Å². The normalized spacial score (nSPS) is 9.90. The number of rotatable bonds is 7. The van der Waals surface area contributed by atoms with Gasteiger partial charge in [0.05, 0.1) is 34.2 Å². The van der Waals surface area contributed by atoms with Gasteiger partial charge in [-0.3, -0.25) is 9.59 Å². The standard InChI is InChI=1S/C15H21NO5/c1-16(8-7-15(18)21-4)14(17)9-11-5-6-12(19-2)10-13(11)20-3/h5-6,10H,7-9H2,1-4H3. The van der Waals surface area contributed by atoms with Gasteiger partial charge < -0.3 is 19.1 Å². The number of esters is 1. The van der Waals surface area contributed by atoms with Crippen LogP contribution in [0, 0.1) is 0 Å². The largest absolute Gasteiger partial charge is 0.497 e. The van der Waals surface area contributed by atoms with Crippen LogP contribution in [-0.4, -0.2) is 51.7 Å². The number of benzene rings is 1. The maximum Gasteiger partial charge on any atom is 0.307 e. The fraction of sp³-hybridized carbons (Fsp3) is 0.467. The first-order valence-electron chi connectivity index (χ1n) is 6.53. The van der Waals surface area contributed by atoms with Crippen LogP contribution in [0.1, 0.15) is 12.0 Å². The first kappa shape index (κ1) is 16.8. The second kappa shape index (κ2) is 8.14. The number of carbonyl (C=O) groups excluding carboxylic acids is 2. The summed E-state index contributed by atoms with van der Waals surface area (Å²) in [5, 5.41) is 0. The minimum Gasteiger partial charge on any atom is -0.497 e. The molecule has 0 bridgehead atoms. The zero-order valence-electron chi connectivity index (χ0n) is 12.8. The number of ether oxygens (including phenoxy) is 3. The van der Waals surface area contributed by atoms with Gasteiger partial charge in [-0.15, -0.1) is 0 Å². The van der Waals surface area contributed by atoms with Crippen molar-refractivity contribution < 1.29 is 23.8 Å². The topological polar surface area (TPSA) is 65.1 Å². The molecule has 0 atom stereocenters. The molecular weight excluding hydrogens is 274 g/mol. The van der Waals surface area contributed by atoms with E-state index >= 15 is 0 Å². The van der Waals surface area contributed by atoms with E-state index in [1.807, 2.05) is 0 Å². The Hall–Kier alpha value is -2.24. The molecule has 1 aromatic rings. The average Bonchev–Trinajstić information content (AvgIpc) is 2.52. The van der Waals surface area contributed by atoms with E-state index < -0.39 is 0 Å². The van der Waals surface area contributed by atoms with Crippen molar-refractivity contribution in [2.45, 2.75) is 12.8 Å². The highest BCUT2D eigenvalue weighted by Gasteiger charge is 2.14. The maximum atomic E-state index is 12.1. The van der Waals surface area contributed by atoms with Gasteiger partial charge in [-0.1, -0.05) is 6.07 Å². The predicted octanol–water partition coefficient (Wildman–Crippen LogP) is 1.27. The van der Waals surface area contributed by atoms with E-state index in [1.54, 1.807) is 39.5 Å². The van der Waals surface area contributed by atoms with Crippen molar-refractivity contribution >= 4 is 11.9 Å². The summed E-state index contributed by atoms with van der Waals surface area (Å²) < 4.78 is 14.9. The molecule has 0 saturated heterocycles. The SMILES string of the molecule is COC(=O)CCN(C)C(=O)Cc1ccc(OC)cc1OC. The number of hydrogen-bond acceptors (Lipinski definition) is 5. The molecule has 1 rings (SSSR count). The molecule has 21 heavy (non-hydrogen) atoms. The van der Waals surface area contributed by atoms with E-state index in [0.717, 1.165) is 5.56 Å². The van der Waals surface area contributed by atoms with Gasteiger partial charge in [0.1, 0.15) is 11.5 Å². The maximum absolute atomic E-state index is 12.1. The quantitative estimate of drug-likeness (QED) is 0.709. The molecule has 6 nitrogen and oxygen atoms in total. The van der Waals surface area contributed by atoms with Crippen LogP contribution < -0.4 is 9.47 Å². The Morgan fingerprint density at radius 1 is 1.14 bits per heavy atom. The van der Waals surface area contributed by atoms with Crippen LogP contribution >= 0.6 is 0 Å². The first-order chi connectivity index (χ1) is 10.0. The summed E-state index contributed by atoms with van der Waals surface area (Å²) in [6.45, 7) is 0.323. The molecule has 0 heterocycles. The highest BCUT2D eigenvalue weighted by molar-refractivity contribution is 5.80. The lowest BCUT2D eigenvalue weighted by Gasteiger charge is -2.17. The molecular formula is C15H21NO5. The first-order valence-corrected chi connectivity index (χ1v) is 6.53. The molecule has 1 amide bonds. The van der Waals surface area contributed by atoms with Crippen LogP contribution in [0.15, 0.2) is 18.2 Å². The minimum absolute atomic E-state index is 0.0950. The average molecular weight is 295 g/mol. The van der Waals surface area contributed by atoms with Gasteiger partial charge in [0.15, 0.2) is 0 Å². The Bertz CT molecular complexity index is 501.